The average Bonchev–Trinajstić information content (AvgIpc) is 2.78. The zero-order valence-corrected chi connectivity index (χ0v) is 9.93. The topological polar surface area (TPSA) is 17.3 Å². The normalized spacial score (nSPS) is 10.9. The molecular formula is C14H11ClN2. The standard InChI is InChI=1S/C14H11ClN2/c15-10-12-14(11-6-2-1-3-7-11)17-9-5-4-8-13(17)16-12/h1-9H,10H2. The Morgan fingerprint density at radius 3 is 2.53 bits per heavy atom. The van der Waals surface area contributed by atoms with Gasteiger partial charge >= 0.3 is 0 Å². The van der Waals surface area contributed by atoms with E-state index in [1.807, 2.05) is 42.6 Å². The number of hydrogen-bond donors (Lipinski definition) is 0. The van der Waals surface area contributed by atoms with E-state index in [9.17, 15) is 0 Å². The first-order valence-corrected chi connectivity index (χ1v) is 6.01. The minimum absolute atomic E-state index is 0.423. The molecule has 0 fully saturated rings. The second kappa shape index (κ2) is 4.22. The van der Waals surface area contributed by atoms with Gasteiger partial charge in [0, 0.05) is 11.8 Å². The van der Waals surface area contributed by atoms with Gasteiger partial charge in [-0.05, 0) is 12.1 Å². The second-order valence-electron chi connectivity index (χ2n) is 3.84. The summed E-state index contributed by atoms with van der Waals surface area (Å²) < 4.78 is 2.08. The van der Waals surface area contributed by atoms with Gasteiger partial charge in [-0.1, -0.05) is 36.4 Å². The lowest BCUT2D eigenvalue weighted by atomic mass is 10.1. The molecule has 17 heavy (non-hydrogen) atoms. The first kappa shape index (κ1) is 10.4. The molecule has 0 aliphatic rings. The van der Waals surface area contributed by atoms with Crippen LogP contribution in [0.2, 0.25) is 0 Å². The maximum Gasteiger partial charge on any atom is 0.137 e. The Morgan fingerprint density at radius 1 is 1.00 bits per heavy atom. The molecule has 0 N–H and O–H groups in total. The number of fused-ring (bicyclic) bond motifs is 1. The summed E-state index contributed by atoms with van der Waals surface area (Å²) in [7, 11) is 0. The summed E-state index contributed by atoms with van der Waals surface area (Å²) in [6.45, 7) is 0. The lowest BCUT2D eigenvalue weighted by molar-refractivity contribution is 1.19. The van der Waals surface area contributed by atoms with Crippen LogP contribution in [0.4, 0.5) is 0 Å². The molecule has 0 radical (unpaired) electrons. The van der Waals surface area contributed by atoms with Gasteiger partial charge in [0.15, 0.2) is 0 Å². The Labute approximate surface area is 104 Å². The van der Waals surface area contributed by atoms with Crippen molar-refractivity contribution >= 4 is 17.2 Å². The van der Waals surface area contributed by atoms with E-state index in [2.05, 4.69) is 21.5 Å². The molecule has 0 saturated heterocycles. The van der Waals surface area contributed by atoms with Crippen LogP contribution in [0.25, 0.3) is 16.9 Å². The third kappa shape index (κ3) is 1.71. The third-order valence-corrected chi connectivity index (χ3v) is 3.03. The molecule has 3 heteroatoms. The molecule has 1 aromatic carbocycles. The summed E-state index contributed by atoms with van der Waals surface area (Å²) in [5.41, 5.74) is 4.07. The van der Waals surface area contributed by atoms with E-state index in [4.69, 9.17) is 11.6 Å². The minimum Gasteiger partial charge on any atom is -0.299 e. The van der Waals surface area contributed by atoms with E-state index in [0.717, 1.165) is 22.6 Å². The predicted octanol–water partition coefficient (Wildman–Crippen LogP) is 3.74. The van der Waals surface area contributed by atoms with Gasteiger partial charge in [-0.15, -0.1) is 11.6 Å². The number of hydrogen-bond acceptors (Lipinski definition) is 1. The largest absolute Gasteiger partial charge is 0.299 e. The first-order valence-electron chi connectivity index (χ1n) is 5.47. The fraction of sp³-hybridized carbons (Fsp3) is 0.0714. The van der Waals surface area contributed by atoms with Crippen molar-refractivity contribution in [2.45, 2.75) is 5.88 Å². The molecule has 0 amide bonds. The number of nitrogens with zero attached hydrogens (tertiary/aromatic N) is 2. The molecule has 0 unspecified atom stereocenters. The Bertz CT molecular complexity index is 644. The highest BCUT2D eigenvalue weighted by atomic mass is 35.5. The summed E-state index contributed by atoms with van der Waals surface area (Å²) in [5, 5.41) is 0. The number of halogens is 1. The molecule has 3 aromatic rings. The molecule has 84 valence electrons. The van der Waals surface area contributed by atoms with Crippen LogP contribution in [0.3, 0.4) is 0 Å². The maximum absolute atomic E-state index is 5.98. The van der Waals surface area contributed by atoms with Gasteiger partial charge in [0.25, 0.3) is 0 Å². The van der Waals surface area contributed by atoms with E-state index >= 15 is 0 Å². The van der Waals surface area contributed by atoms with Crippen LogP contribution in [-0.4, -0.2) is 9.38 Å². The highest BCUT2D eigenvalue weighted by molar-refractivity contribution is 6.17. The molecule has 0 saturated carbocycles. The van der Waals surface area contributed by atoms with E-state index in [1.165, 1.54) is 0 Å². The SMILES string of the molecule is ClCc1nc2ccccn2c1-c1ccccc1. The van der Waals surface area contributed by atoms with Crippen LogP contribution in [0, 0.1) is 0 Å². The number of aromatic nitrogens is 2. The number of benzene rings is 1. The fourth-order valence-corrected chi connectivity index (χ4v) is 2.23. The monoisotopic (exact) mass is 242 g/mol. The molecular weight excluding hydrogens is 232 g/mol. The van der Waals surface area contributed by atoms with Gasteiger partial charge in [0.2, 0.25) is 0 Å². The second-order valence-corrected chi connectivity index (χ2v) is 4.10. The number of rotatable bonds is 2. The van der Waals surface area contributed by atoms with Gasteiger partial charge in [-0.25, -0.2) is 4.98 Å². The van der Waals surface area contributed by atoms with Crippen molar-refractivity contribution in [3.63, 3.8) is 0 Å². The molecule has 0 aliphatic heterocycles. The average molecular weight is 243 g/mol. The van der Waals surface area contributed by atoms with Crippen molar-refractivity contribution in [3.05, 3.63) is 60.4 Å². The van der Waals surface area contributed by atoms with E-state index in [-0.39, 0.29) is 0 Å². The fourth-order valence-electron chi connectivity index (χ4n) is 2.04. The van der Waals surface area contributed by atoms with Crippen LogP contribution in [-0.2, 0) is 5.88 Å². The summed E-state index contributed by atoms with van der Waals surface area (Å²) in [6, 6.07) is 16.2. The molecule has 3 rings (SSSR count). The zero-order valence-electron chi connectivity index (χ0n) is 9.18. The van der Waals surface area contributed by atoms with Crippen LogP contribution >= 0.6 is 11.6 Å². The van der Waals surface area contributed by atoms with Crippen molar-refractivity contribution in [3.8, 4) is 11.3 Å². The highest BCUT2D eigenvalue weighted by Crippen LogP contribution is 2.25. The highest BCUT2D eigenvalue weighted by Gasteiger charge is 2.12. The molecule has 2 heterocycles. The van der Waals surface area contributed by atoms with Gasteiger partial charge in [0.1, 0.15) is 5.65 Å². The van der Waals surface area contributed by atoms with Gasteiger partial charge in [-0.3, -0.25) is 4.40 Å². The van der Waals surface area contributed by atoms with Crippen molar-refractivity contribution in [2.24, 2.45) is 0 Å². The van der Waals surface area contributed by atoms with Crippen molar-refractivity contribution in [2.75, 3.05) is 0 Å². The molecule has 2 nitrogen and oxygen atoms in total. The van der Waals surface area contributed by atoms with Gasteiger partial charge in [0.05, 0.1) is 17.3 Å². The predicted molar refractivity (Wildman–Crippen MR) is 70.2 cm³/mol. The summed E-state index contributed by atoms with van der Waals surface area (Å²) >= 11 is 5.98. The lowest BCUT2D eigenvalue weighted by Crippen LogP contribution is -1.89. The van der Waals surface area contributed by atoms with E-state index in [1.54, 1.807) is 0 Å². The Morgan fingerprint density at radius 2 is 1.76 bits per heavy atom. The molecule has 0 spiro atoms. The number of imidazole rings is 1. The Hall–Kier alpha value is -1.80. The summed E-state index contributed by atoms with van der Waals surface area (Å²) in [5.74, 6) is 0.423. The van der Waals surface area contributed by atoms with E-state index in [0.29, 0.717) is 5.88 Å². The Kier molecular flexibility index (Phi) is 2.57. The molecule has 0 atom stereocenters. The van der Waals surface area contributed by atoms with Crippen LogP contribution in [0.5, 0.6) is 0 Å². The zero-order chi connectivity index (χ0) is 11.7. The maximum atomic E-state index is 5.98. The first-order chi connectivity index (χ1) is 8.40. The molecule has 0 aliphatic carbocycles. The van der Waals surface area contributed by atoms with Gasteiger partial charge < -0.3 is 0 Å². The smallest absolute Gasteiger partial charge is 0.137 e. The third-order valence-electron chi connectivity index (χ3n) is 2.78. The summed E-state index contributed by atoms with van der Waals surface area (Å²) in [6.07, 6.45) is 2.01. The quantitative estimate of drug-likeness (QED) is 0.626. The molecule has 0 bridgehead atoms. The van der Waals surface area contributed by atoms with Crippen LogP contribution in [0.1, 0.15) is 5.69 Å². The van der Waals surface area contributed by atoms with Gasteiger partial charge in [-0.2, -0.15) is 0 Å². The van der Waals surface area contributed by atoms with E-state index < -0.39 is 0 Å². The van der Waals surface area contributed by atoms with Crippen LogP contribution < -0.4 is 0 Å². The Balaban J connectivity index is 2.34. The molecule has 2 aromatic heterocycles. The van der Waals surface area contributed by atoms with Crippen molar-refractivity contribution in [1.82, 2.24) is 9.38 Å². The summed E-state index contributed by atoms with van der Waals surface area (Å²) in [4.78, 5) is 4.54. The van der Waals surface area contributed by atoms with Crippen LogP contribution in [0.15, 0.2) is 54.7 Å². The number of pyridine rings is 1. The number of alkyl halides is 1. The van der Waals surface area contributed by atoms with Crippen molar-refractivity contribution < 1.29 is 0 Å². The lowest BCUT2D eigenvalue weighted by Gasteiger charge is -2.03. The van der Waals surface area contributed by atoms with Crippen molar-refractivity contribution in [1.29, 1.82) is 0 Å². The minimum atomic E-state index is 0.423.